The molecule has 1 aromatic rings. The van der Waals surface area contributed by atoms with Crippen molar-refractivity contribution in [3.63, 3.8) is 0 Å². The number of benzene rings is 1. The summed E-state index contributed by atoms with van der Waals surface area (Å²) in [5, 5.41) is 11.0. The number of carbonyl (C=O) groups is 2. The summed E-state index contributed by atoms with van der Waals surface area (Å²) in [4.78, 5) is 35.3. The predicted octanol–water partition coefficient (Wildman–Crippen LogP) is 2.06. The van der Waals surface area contributed by atoms with Crippen LogP contribution in [0.25, 0.3) is 0 Å². The van der Waals surface area contributed by atoms with E-state index in [0.717, 1.165) is 0 Å². The van der Waals surface area contributed by atoms with Gasteiger partial charge in [0.05, 0.1) is 18.6 Å². The van der Waals surface area contributed by atoms with Gasteiger partial charge >= 0.3 is 5.97 Å². The molecule has 0 saturated heterocycles. The minimum absolute atomic E-state index is 0.0529. The Morgan fingerprint density at radius 3 is 2.64 bits per heavy atom. The standard InChI is InChI=1S/C15H18N2O5/c1-3-4-9-16(14(18)10-15(19)22-2)11-12-7-5-6-8-13(12)17(20)21/h3-8H,9-11H2,1-2H3/b4-3+. The van der Waals surface area contributed by atoms with Gasteiger partial charge in [-0.3, -0.25) is 19.7 Å². The Morgan fingerprint density at radius 2 is 2.05 bits per heavy atom. The number of nitro groups is 1. The van der Waals surface area contributed by atoms with Crippen molar-refractivity contribution in [2.24, 2.45) is 0 Å². The van der Waals surface area contributed by atoms with Gasteiger partial charge in [-0.15, -0.1) is 0 Å². The number of carbonyl (C=O) groups excluding carboxylic acids is 2. The number of allylic oxidation sites excluding steroid dienone is 1. The maximum atomic E-state index is 12.1. The first-order chi connectivity index (χ1) is 10.5. The van der Waals surface area contributed by atoms with Crippen molar-refractivity contribution < 1.29 is 19.2 Å². The van der Waals surface area contributed by atoms with E-state index in [9.17, 15) is 19.7 Å². The molecule has 0 aliphatic carbocycles. The average Bonchev–Trinajstić information content (AvgIpc) is 2.51. The van der Waals surface area contributed by atoms with Crippen LogP contribution < -0.4 is 0 Å². The number of methoxy groups -OCH3 is 1. The van der Waals surface area contributed by atoms with Crippen molar-refractivity contribution in [3.8, 4) is 0 Å². The van der Waals surface area contributed by atoms with Gasteiger partial charge in [0.15, 0.2) is 0 Å². The van der Waals surface area contributed by atoms with E-state index in [0.29, 0.717) is 5.56 Å². The van der Waals surface area contributed by atoms with Crippen molar-refractivity contribution >= 4 is 17.6 Å². The second-order valence-electron chi connectivity index (χ2n) is 4.48. The number of amides is 1. The van der Waals surface area contributed by atoms with E-state index in [1.165, 1.54) is 18.1 Å². The van der Waals surface area contributed by atoms with Crippen LogP contribution in [0.2, 0.25) is 0 Å². The largest absolute Gasteiger partial charge is 0.469 e. The van der Waals surface area contributed by atoms with E-state index in [1.807, 2.05) is 0 Å². The molecular formula is C15H18N2O5. The summed E-state index contributed by atoms with van der Waals surface area (Å²) >= 11 is 0. The number of para-hydroxylation sites is 1. The number of nitrogens with zero attached hydrogens (tertiary/aromatic N) is 2. The normalized spacial score (nSPS) is 10.5. The van der Waals surface area contributed by atoms with Gasteiger partial charge in [-0.05, 0) is 6.92 Å². The van der Waals surface area contributed by atoms with Gasteiger partial charge < -0.3 is 9.64 Å². The maximum absolute atomic E-state index is 12.1. The fraction of sp³-hybridized carbons (Fsp3) is 0.333. The lowest BCUT2D eigenvalue weighted by Gasteiger charge is -2.20. The average molecular weight is 306 g/mol. The zero-order valence-electron chi connectivity index (χ0n) is 12.5. The third-order valence-corrected chi connectivity index (χ3v) is 2.99. The molecule has 0 atom stereocenters. The summed E-state index contributed by atoms with van der Waals surface area (Å²) < 4.78 is 4.47. The zero-order valence-corrected chi connectivity index (χ0v) is 12.5. The Kier molecular flexibility index (Phi) is 6.75. The number of esters is 1. The van der Waals surface area contributed by atoms with Crippen LogP contribution in [0.5, 0.6) is 0 Å². The molecule has 1 amide bonds. The van der Waals surface area contributed by atoms with Crippen LogP contribution in [-0.2, 0) is 20.9 Å². The second kappa shape index (κ2) is 8.56. The topological polar surface area (TPSA) is 89.8 Å². The molecule has 0 bridgehead atoms. The lowest BCUT2D eigenvalue weighted by atomic mass is 10.1. The molecule has 1 rings (SSSR count). The molecular weight excluding hydrogens is 288 g/mol. The number of nitro benzene ring substituents is 1. The summed E-state index contributed by atoms with van der Waals surface area (Å²) in [6, 6.07) is 6.20. The van der Waals surface area contributed by atoms with Crippen molar-refractivity contribution in [3.05, 3.63) is 52.1 Å². The minimum atomic E-state index is -0.641. The Hall–Kier alpha value is -2.70. The predicted molar refractivity (Wildman–Crippen MR) is 80.0 cm³/mol. The van der Waals surface area contributed by atoms with Crippen molar-refractivity contribution in [2.75, 3.05) is 13.7 Å². The molecule has 0 aliphatic heterocycles. The molecule has 7 heteroatoms. The monoisotopic (exact) mass is 306 g/mol. The third-order valence-electron chi connectivity index (χ3n) is 2.99. The third kappa shape index (κ3) is 5.01. The Balaban J connectivity index is 2.96. The van der Waals surface area contributed by atoms with E-state index in [4.69, 9.17) is 0 Å². The Morgan fingerprint density at radius 1 is 1.36 bits per heavy atom. The van der Waals surface area contributed by atoms with Crippen LogP contribution in [-0.4, -0.2) is 35.4 Å². The first-order valence-electron chi connectivity index (χ1n) is 6.67. The molecule has 118 valence electrons. The van der Waals surface area contributed by atoms with Crippen LogP contribution in [0, 0.1) is 10.1 Å². The Labute approximate surface area is 128 Å². The molecule has 0 aliphatic rings. The molecule has 0 heterocycles. The van der Waals surface area contributed by atoms with Crippen LogP contribution in [0.15, 0.2) is 36.4 Å². The van der Waals surface area contributed by atoms with E-state index in [2.05, 4.69) is 4.74 Å². The first-order valence-corrected chi connectivity index (χ1v) is 6.67. The SMILES string of the molecule is C/C=C/CN(Cc1ccccc1[N+](=O)[O-])C(=O)CC(=O)OC. The summed E-state index contributed by atoms with van der Waals surface area (Å²) in [7, 11) is 1.20. The van der Waals surface area contributed by atoms with Gasteiger partial charge in [0.25, 0.3) is 5.69 Å². The van der Waals surface area contributed by atoms with Gasteiger partial charge in [0, 0.05) is 18.2 Å². The molecule has 1 aromatic carbocycles. The van der Waals surface area contributed by atoms with E-state index in [-0.39, 0.29) is 18.8 Å². The molecule has 7 nitrogen and oxygen atoms in total. The maximum Gasteiger partial charge on any atom is 0.315 e. The molecule has 0 spiro atoms. The number of hydrogen-bond donors (Lipinski definition) is 0. The zero-order chi connectivity index (χ0) is 16.5. The number of ether oxygens (including phenoxy) is 1. The van der Waals surface area contributed by atoms with Gasteiger partial charge in [-0.25, -0.2) is 0 Å². The highest BCUT2D eigenvalue weighted by atomic mass is 16.6. The molecule has 0 unspecified atom stereocenters. The lowest BCUT2D eigenvalue weighted by molar-refractivity contribution is -0.385. The van der Waals surface area contributed by atoms with Gasteiger partial charge in [0.2, 0.25) is 5.91 Å². The van der Waals surface area contributed by atoms with Crippen LogP contribution in [0.1, 0.15) is 18.9 Å². The van der Waals surface area contributed by atoms with Crippen molar-refractivity contribution in [1.29, 1.82) is 0 Å². The molecule has 0 N–H and O–H groups in total. The van der Waals surface area contributed by atoms with Gasteiger partial charge in [0.1, 0.15) is 6.42 Å². The number of hydrogen-bond acceptors (Lipinski definition) is 5. The number of rotatable bonds is 7. The summed E-state index contributed by atoms with van der Waals surface area (Å²) in [5.74, 6) is -1.08. The fourth-order valence-electron chi connectivity index (χ4n) is 1.82. The lowest BCUT2D eigenvalue weighted by Crippen LogP contribution is -2.32. The van der Waals surface area contributed by atoms with Gasteiger partial charge in [-0.1, -0.05) is 30.4 Å². The van der Waals surface area contributed by atoms with Crippen LogP contribution in [0.3, 0.4) is 0 Å². The van der Waals surface area contributed by atoms with E-state index in [1.54, 1.807) is 37.3 Å². The first kappa shape index (κ1) is 17.4. The highest BCUT2D eigenvalue weighted by molar-refractivity contribution is 5.94. The summed E-state index contributed by atoms with van der Waals surface area (Å²) in [6.45, 7) is 2.11. The van der Waals surface area contributed by atoms with Gasteiger partial charge in [-0.2, -0.15) is 0 Å². The fourth-order valence-corrected chi connectivity index (χ4v) is 1.82. The van der Waals surface area contributed by atoms with E-state index >= 15 is 0 Å². The molecule has 22 heavy (non-hydrogen) atoms. The van der Waals surface area contributed by atoms with Crippen molar-refractivity contribution in [1.82, 2.24) is 4.90 Å². The molecule has 0 saturated carbocycles. The molecule has 0 fully saturated rings. The molecule has 0 aromatic heterocycles. The smallest absolute Gasteiger partial charge is 0.315 e. The second-order valence-corrected chi connectivity index (χ2v) is 4.48. The molecule has 0 radical (unpaired) electrons. The Bertz CT molecular complexity index is 583. The van der Waals surface area contributed by atoms with Crippen molar-refractivity contribution in [2.45, 2.75) is 19.9 Å². The van der Waals surface area contributed by atoms with E-state index < -0.39 is 23.2 Å². The van der Waals surface area contributed by atoms with Crippen LogP contribution in [0.4, 0.5) is 5.69 Å². The highest BCUT2D eigenvalue weighted by Gasteiger charge is 2.21. The highest BCUT2D eigenvalue weighted by Crippen LogP contribution is 2.20. The quantitative estimate of drug-likeness (QED) is 0.253. The summed E-state index contributed by atoms with van der Waals surface area (Å²) in [5.41, 5.74) is 0.356. The minimum Gasteiger partial charge on any atom is -0.469 e. The summed E-state index contributed by atoms with van der Waals surface area (Å²) in [6.07, 6.45) is 3.11. The van der Waals surface area contributed by atoms with Crippen LogP contribution >= 0.6 is 0 Å².